The molecule has 1 aromatic carbocycles. The number of benzene rings is 1. The first-order valence-electron chi connectivity index (χ1n) is 5.62. The molecular weight excluding hydrogens is 261 g/mol. The Morgan fingerprint density at radius 2 is 2.00 bits per heavy atom. The van der Waals surface area contributed by atoms with Crippen molar-refractivity contribution in [3.8, 4) is 5.75 Å². The number of alkyl halides is 3. The Labute approximate surface area is 108 Å². The number of nitrogens with one attached hydrogen (secondary N) is 2. The van der Waals surface area contributed by atoms with E-state index in [9.17, 15) is 18.0 Å². The van der Waals surface area contributed by atoms with Gasteiger partial charge in [-0.15, -0.1) is 13.2 Å². The maximum Gasteiger partial charge on any atom is 0.573 e. The smallest absolute Gasteiger partial charge is 0.405 e. The number of hydrogen-bond acceptors (Lipinski definition) is 3. The number of hydrogen-bond donors (Lipinski definition) is 2. The summed E-state index contributed by atoms with van der Waals surface area (Å²) < 4.78 is 40.5. The highest BCUT2D eigenvalue weighted by Crippen LogP contribution is 2.26. The van der Waals surface area contributed by atoms with Gasteiger partial charge in [-0.2, -0.15) is 0 Å². The molecule has 19 heavy (non-hydrogen) atoms. The highest BCUT2D eigenvalue weighted by molar-refractivity contribution is 5.80. The predicted molar refractivity (Wildman–Crippen MR) is 63.5 cm³/mol. The second kappa shape index (κ2) is 6.42. The first-order chi connectivity index (χ1) is 8.83. The van der Waals surface area contributed by atoms with Crippen LogP contribution in [-0.2, 0) is 11.3 Å². The minimum absolute atomic E-state index is 0.0981. The van der Waals surface area contributed by atoms with Gasteiger partial charge in [-0.05, 0) is 13.0 Å². The van der Waals surface area contributed by atoms with Crippen LogP contribution in [0, 0.1) is 0 Å². The van der Waals surface area contributed by atoms with E-state index in [2.05, 4.69) is 15.4 Å². The lowest BCUT2D eigenvalue weighted by atomic mass is 10.2. The van der Waals surface area contributed by atoms with Gasteiger partial charge in [-0.25, -0.2) is 0 Å². The minimum atomic E-state index is -4.73. The van der Waals surface area contributed by atoms with Gasteiger partial charge in [0.15, 0.2) is 0 Å². The number of carbonyl (C=O) groups is 1. The molecular formula is C12H15F3N2O2. The van der Waals surface area contributed by atoms with Crippen molar-refractivity contribution in [2.24, 2.45) is 0 Å². The molecule has 0 spiro atoms. The molecule has 1 rings (SSSR count). The fourth-order valence-electron chi connectivity index (χ4n) is 1.45. The van der Waals surface area contributed by atoms with Gasteiger partial charge >= 0.3 is 6.36 Å². The second-order valence-electron chi connectivity index (χ2n) is 3.87. The molecule has 1 amide bonds. The minimum Gasteiger partial charge on any atom is -0.405 e. The van der Waals surface area contributed by atoms with Crippen molar-refractivity contribution < 1.29 is 22.7 Å². The van der Waals surface area contributed by atoms with Crippen LogP contribution in [0.15, 0.2) is 24.3 Å². The van der Waals surface area contributed by atoms with E-state index in [0.29, 0.717) is 5.56 Å². The predicted octanol–water partition coefficient (Wildman–Crippen LogP) is 1.81. The number of halogens is 3. The Balaban J connectivity index is 2.70. The van der Waals surface area contributed by atoms with Crippen molar-refractivity contribution in [1.29, 1.82) is 0 Å². The Kier molecular flexibility index (Phi) is 5.17. The van der Waals surface area contributed by atoms with Crippen LogP contribution in [0.5, 0.6) is 5.75 Å². The van der Waals surface area contributed by atoms with Gasteiger partial charge in [0.05, 0.1) is 6.04 Å². The van der Waals surface area contributed by atoms with E-state index in [0.717, 1.165) is 0 Å². The number of ether oxygens (including phenoxy) is 1. The quantitative estimate of drug-likeness (QED) is 0.862. The summed E-state index contributed by atoms with van der Waals surface area (Å²) >= 11 is 0. The molecule has 0 aliphatic heterocycles. The van der Waals surface area contributed by atoms with E-state index in [4.69, 9.17) is 0 Å². The molecule has 1 unspecified atom stereocenters. The average Bonchev–Trinajstić information content (AvgIpc) is 2.34. The zero-order chi connectivity index (χ0) is 14.5. The lowest BCUT2D eigenvalue weighted by molar-refractivity contribution is -0.274. The lowest BCUT2D eigenvalue weighted by Crippen LogP contribution is -2.40. The topological polar surface area (TPSA) is 50.4 Å². The third-order valence-electron chi connectivity index (χ3n) is 2.44. The van der Waals surface area contributed by atoms with Gasteiger partial charge in [0, 0.05) is 19.2 Å². The van der Waals surface area contributed by atoms with E-state index in [1.165, 1.54) is 25.2 Å². The summed E-state index contributed by atoms with van der Waals surface area (Å²) in [6, 6.07) is 5.28. The Morgan fingerprint density at radius 1 is 1.37 bits per heavy atom. The summed E-state index contributed by atoms with van der Waals surface area (Å²) in [6.45, 7) is 1.72. The van der Waals surface area contributed by atoms with E-state index in [1.807, 2.05) is 0 Å². The van der Waals surface area contributed by atoms with Crippen LogP contribution in [0.1, 0.15) is 12.5 Å². The first-order valence-corrected chi connectivity index (χ1v) is 5.62. The van der Waals surface area contributed by atoms with Crippen molar-refractivity contribution in [2.75, 3.05) is 7.05 Å². The maximum atomic E-state index is 12.2. The van der Waals surface area contributed by atoms with Gasteiger partial charge < -0.3 is 15.4 Å². The largest absolute Gasteiger partial charge is 0.573 e. The van der Waals surface area contributed by atoms with Crippen LogP contribution >= 0.6 is 0 Å². The molecule has 0 saturated carbocycles. The number of carbonyl (C=O) groups excluding carboxylic acids is 1. The Hall–Kier alpha value is -1.76. The summed E-state index contributed by atoms with van der Waals surface area (Å²) in [5.41, 5.74) is 0.329. The zero-order valence-corrected chi connectivity index (χ0v) is 10.5. The Bertz CT molecular complexity index is 435. The van der Waals surface area contributed by atoms with Gasteiger partial charge in [0.25, 0.3) is 0 Å². The SMILES string of the molecule is CNC(=O)C(C)NCc1ccccc1OC(F)(F)F. The monoisotopic (exact) mass is 276 g/mol. The van der Waals surface area contributed by atoms with E-state index >= 15 is 0 Å². The summed E-state index contributed by atoms with van der Waals surface area (Å²) in [5, 5.41) is 5.26. The van der Waals surface area contributed by atoms with Gasteiger partial charge in [-0.3, -0.25) is 4.79 Å². The lowest BCUT2D eigenvalue weighted by Gasteiger charge is -2.16. The fourth-order valence-corrected chi connectivity index (χ4v) is 1.45. The fraction of sp³-hybridized carbons (Fsp3) is 0.417. The number of amides is 1. The van der Waals surface area contributed by atoms with Crippen molar-refractivity contribution >= 4 is 5.91 Å². The average molecular weight is 276 g/mol. The molecule has 0 aliphatic rings. The molecule has 106 valence electrons. The molecule has 0 radical (unpaired) electrons. The summed E-state index contributed by atoms with van der Waals surface area (Å²) in [6.07, 6.45) is -4.73. The molecule has 1 aromatic rings. The molecule has 7 heteroatoms. The standard InChI is InChI=1S/C12H15F3N2O2/c1-8(11(18)16-2)17-7-9-5-3-4-6-10(9)19-12(13,14)15/h3-6,8,17H,7H2,1-2H3,(H,16,18). The number of rotatable bonds is 5. The molecule has 4 nitrogen and oxygen atoms in total. The van der Waals surface area contributed by atoms with Crippen LogP contribution in [0.2, 0.25) is 0 Å². The Morgan fingerprint density at radius 3 is 2.58 bits per heavy atom. The van der Waals surface area contributed by atoms with Gasteiger partial charge in [0.1, 0.15) is 5.75 Å². The van der Waals surface area contributed by atoms with E-state index in [1.54, 1.807) is 13.0 Å². The van der Waals surface area contributed by atoms with Crippen molar-refractivity contribution in [3.05, 3.63) is 29.8 Å². The van der Waals surface area contributed by atoms with E-state index in [-0.39, 0.29) is 18.2 Å². The third kappa shape index (κ3) is 5.17. The van der Waals surface area contributed by atoms with Crippen LogP contribution in [0.3, 0.4) is 0 Å². The molecule has 0 aromatic heterocycles. The van der Waals surface area contributed by atoms with Gasteiger partial charge in [0.2, 0.25) is 5.91 Å². The molecule has 0 saturated heterocycles. The van der Waals surface area contributed by atoms with E-state index < -0.39 is 12.4 Å². The third-order valence-corrected chi connectivity index (χ3v) is 2.44. The summed E-state index contributed by atoms with van der Waals surface area (Å²) in [4.78, 5) is 11.3. The molecule has 0 aliphatic carbocycles. The summed E-state index contributed by atoms with van der Waals surface area (Å²) in [5.74, 6) is -0.513. The maximum absolute atomic E-state index is 12.2. The zero-order valence-electron chi connectivity index (χ0n) is 10.5. The number of likely N-dealkylation sites (N-methyl/N-ethyl adjacent to an activating group) is 1. The van der Waals surface area contributed by atoms with Crippen molar-refractivity contribution in [2.45, 2.75) is 25.9 Å². The van der Waals surface area contributed by atoms with Crippen LogP contribution in [-0.4, -0.2) is 25.4 Å². The highest BCUT2D eigenvalue weighted by Gasteiger charge is 2.31. The van der Waals surface area contributed by atoms with Crippen LogP contribution < -0.4 is 15.4 Å². The molecule has 0 bridgehead atoms. The highest BCUT2D eigenvalue weighted by atomic mass is 19.4. The molecule has 0 fully saturated rings. The first kappa shape index (κ1) is 15.3. The van der Waals surface area contributed by atoms with Crippen molar-refractivity contribution in [1.82, 2.24) is 10.6 Å². The van der Waals surface area contributed by atoms with Gasteiger partial charge in [-0.1, -0.05) is 18.2 Å². The molecule has 0 heterocycles. The normalized spacial score (nSPS) is 12.9. The summed E-state index contributed by atoms with van der Waals surface area (Å²) in [7, 11) is 1.49. The van der Waals surface area contributed by atoms with Crippen LogP contribution in [0.4, 0.5) is 13.2 Å². The molecule has 2 N–H and O–H groups in total. The second-order valence-corrected chi connectivity index (χ2v) is 3.87. The van der Waals surface area contributed by atoms with Crippen molar-refractivity contribution in [3.63, 3.8) is 0 Å². The number of para-hydroxylation sites is 1. The van der Waals surface area contributed by atoms with Crippen LogP contribution in [0.25, 0.3) is 0 Å². The molecule has 1 atom stereocenters.